The number of carbonyl (C=O) groups excluding carboxylic acids is 1. The number of hydrogen-bond donors (Lipinski definition) is 0. The van der Waals surface area contributed by atoms with Crippen LogP contribution in [0, 0.1) is 0 Å². The summed E-state index contributed by atoms with van der Waals surface area (Å²) in [6.45, 7) is 0.227. The topological polar surface area (TPSA) is 74.5 Å². The van der Waals surface area contributed by atoms with Crippen LogP contribution in [-0.4, -0.2) is 23.2 Å². The molecule has 0 saturated carbocycles. The molecule has 0 N–H and O–H groups in total. The Morgan fingerprint density at radius 2 is 2.41 bits per heavy atom. The summed E-state index contributed by atoms with van der Waals surface area (Å²) in [5, 5.41) is 3.54. The van der Waals surface area contributed by atoms with Crippen LogP contribution in [0.5, 0.6) is 5.88 Å². The van der Waals surface area contributed by atoms with Crippen LogP contribution in [-0.2, 0) is 11.3 Å². The van der Waals surface area contributed by atoms with Gasteiger partial charge < -0.3 is 14.0 Å². The highest BCUT2D eigenvalue weighted by molar-refractivity contribution is 5.91. The smallest absolute Gasteiger partial charge is 0.343 e. The molecule has 0 aliphatic rings. The van der Waals surface area contributed by atoms with E-state index in [1.807, 2.05) is 0 Å². The zero-order valence-corrected chi connectivity index (χ0v) is 9.12. The molecule has 0 bridgehead atoms. The second-order valence-electron chi connectivity index (χ2n) is 3.17. The summed E-state index contributed by atoms with van der Waals surface area (Å²) >= 11 is 0. The van der Waals surface area contributed by atoms with Gasteiger partial charge >= 0.3 is 5.97 Å². The number of pyridine rings is 1. The Bertz CT molecular complexity index is 496. The lowest BCUT2D eigenvalue weighted by Gasteiger charge is -2.07. The number of ether oxygens (including phenoxy) is 2. The van der Waals surface area contributed by atoms with Crippen LogP contribution in [0.25, 0.3) is 0 Å². The second kappa shape index (κ2) is 5.11. The quantitative estimate of drug-likeness (QED) is 0.745. The van der Waals surface area contributed by atoms with E-state index in [4.69, 9.17) is 4.74 Å². The molecule has 88 valence electrons. The fourth-order valence-electron chi connectivity index (χ4n) is 1.22. The lowest BCUT2D eigenvalue weighted by Crippen LogP contribution is -2.06. The summed E-state index contributed by atoms with van der Waals surface area (Å²) in [5.41, 5.74) is 1.04. The summed E-state index contributed by atoms with van der Waals surface area (Å²) in [4.78, 5) is 15.4. The van der Waals surface area contributed by atoms with E-state index in [1.165, 1.54) is 25.8 Å². The molecule has 2 aromatic rings. The van der Waals surface area contributed by atoms with Gasteiger partial charge in [0.25, 0.3) is 0 Å². The SMILES string of the molecule is COC(=O)c1cccnc1OCc1cnoc1. The molecule has 0 spiro atoms. The highest BCUT2D eigenvalue weighted by atomic mass is 16.5. The molecule has 0 unspecified atom stereocenters. The lowest BCUT2D eigenvalue weighted by molar-refractivity contribution is 0.0594. The van der Waals surface area contributed by atoms with Gasteiger partial charge in [0.05, 0.1) is 13.3 Å². The van der Waals surface area contributed by atoms with Crippen molar-refractivity contribution in [2.24, 2.45) is 0 Å². The first-order chi connectivity index (χ1) is 8.31. The number of aromatic nitrogens is 2. The normalized spacial score (nSPS) is 9.94. The van der Waals surface area contributed by atoms with E-state index in [-0.39, 0.29) is 18.1 Å². The molecule has 2 heterocycles. The number of esters is 1. The van der Waals surface area contributed by atoms with Crippen molar-refractivity contribution in [3.8, 4) is 5.88 Å². The highest BCUT2D eigenvalue weighted by Crippen LogP contribution is 2.16. The monoisotopic (exact) mass is 234 g/mol. The number of hydrogen-bond acceptors (Lipinski definition) is 6. The third kappa shape index (κ3) is 2.60. The molecule has 2 rings (SSSR count). The van der Waals surface area contributed by atoms with Crippen molar-refractivity contribution in [1.82, 2.24) is 10.1 Å². The fraction of sp³-hybridized carbons (Fsp3) is 0.182. The molecular formula is C11H10N2O4. The first-order valence-electron chi connectivity index (χ1n) is 4.85. The zero-order chi connectivity index (χ0) is 12.1. The van der Waals surface area contributed by atoms with Crippen molar-refractivity contribution in [2.45, 2.75) is 6.61 Å². The van der Waals surface area contributed by atoms with Crippen molar-refractivity contribution in [3.05, 3.63) is 41.9 Å². The number of nitrogens with zero attached hydrogens (tertiary/aromatic N) is 2. The van der Waals surface area contributed by atoms with Gasteiger partial charge in [0.1, 0.15) is 18.4 Å². The van der Waals surface area contributed by atoms with Crippen LogP contribution >= 0.6 is 0 Å². The molecule has 6 nitrogen and oxygen atoms in total. The van der Waals surface area contributed by atoms with Crippen LogP contribution in [0.4, 0.5) is 0 Å². The molecule has 0 aliphatic heterocycles. The van der Waals surface area contributed by atoms with E-state index in [1.54, 1.807) is 12.1 Å². The molecule has 0 atom stereocenters. The zero-order valence-electron chi connectivity index (χ0n) is 9.12. The van der Waals surface area contributed by atoms with E-state index in [0.717, 1.165) is 5.56 Å². The van der Waals surface area contributed by atoms with Crippen molar-refractivity contribution < 1.29 is 18.8 Å². The maximum atomic E-state index is 11.4. The average Bonchev–Trinajstić information content (AvgIpc) is 2.89. The van der Waals surface area contributed by atoms with Gasteiger partial charge in [0, 0.05) is 11.8 Å². The molecule has 0 radical (unpaired) electrons. The molecule has 0 saturated heterocycles. The maximum absolute atomic E-state index is 11.4. The molecule has 17 heavy (non-hydrogen) atoms. The Kier molecular flexibility index (Phi) is 3.34. The standard InChI is InChI=1S/C11H10N2O4/c1-15-11(14)9-3-2-4-12-10(9)16-6-8-5-13-17-7-8/h2-5,7H,6H2,1H3. The van der Waals surface area contributed by atoms with Crippen LogP contribution < -0.4 is 4.74 Å². The van der Waals surface area contributed by atoms with Crippen LogP contribution in [0.3, 0.4) is 0 Å². The average molecular weight is 234 g/mol. The van der Waals surface area contributed by atoms with Gasteiger partial charge in [0.15, 0.2) is 0 Å². The summed E-state index contributed by atoms with van der Waals surface area (Å²) < 4.78 is 14.7. The predicted molar refractivity (Wildman–Crippen MR) is 56.4 cm³/mol. The minimum atomic E-state index is -0.488. The minimum Gasteiger partial charge on any atom is -0.472 e. The Hall–Kier alpha value is -2.37. The van der Waals surface area contributed by atoms with Crippen molar-refractivity contribution in [1.29, 1.82) is 0 Å². The van der Waals surface area contributed by atoms with Crippen molar-refractivity contribution in [2.75, 3.05) is 7.11 Å². The number of methoxy groups -OCH3 is 1. The molecule has 0 fully saturated rings. The van der Waals surface area contributed by atoms with E-state index in [0.29, 0.717) is 0 Å². The summed E-state index contributed by atoms with van der Waals surface area (Å²) in [5.74, 6) is -0.265. The molecule has 0 amide bonds. The van der Waals surface area contributed by atoms with Gasteiger partial charge in [-0.2, -0.15) is 0 Å². The third-order valence-electron chi connectivity index (χ3n) is 2.04. The van der Waals surface area contributed by atoms with Crippen LogP contribution in [0.15, 0.2) is 35.3 Å². The molecular weight excluding hydrogens is 224 g/mol. The second-order valence-corrected chi connectivity index (χ2v) is 3.17. The molecule has 6 heteroatoms. The summed E-state index contributed by atoms with van der Waals surface area (Å²) in [6, 6.07) is 3.22. The number of rotatable bonds is 4. The van der Waals surface area contributed by atoms with Gasteiger partial charge in [0.2, 0.25) is 5.88 Å². The summed E-state index contributed by atoms with van der Waals surface area (Å²) in [6.07, 6.45) is 4.52. The van der Waals surface area contributed by atoms with Gasteiger partial charge in [-0.1, -0.05) is 5.16 Å². The lowest BCUT2D eigenvalue weighted by atomic mass is 10.3. The van der Waals surface area contributed by atoms with Gasteiger partial charge in [-0.05, 0) is 12.1 Å². The Balaban J connectivity index is 2.12. The fourth-order valence-corrected chi connectivity index (χ4v) is 1.22. The van der Waals surface area contributed by atoms with Crippen LogP contribution in [0.2, 0.25) is 0 Å². The molecule has 0 aromatic carbocycles. The first kappa shape index (κ1) is 11.1. The van der Waals surface area contributed by atoms with Crippen molar-refractivity contribution >= 4 is 5.97 Å². The number of carbonyl (C=O) groups is 1. The van der Waals surface area contributed by atoms with Gasteiger partial charge in [-0.25, -0.2) is 9.78 Å². The summed E-state index contributed by atoms with van der Waals surface area (Å²) in [7, 11) is 1.30. The van der Waals surface area contributed by atoms with E-state index < -0.39 is 5.97 Å². The van der Waals surface area contributed by atoms with E-state index in [2.05, 4.69) is 19.4 Å². The largest absolute Gasteiger partial charge is 0.472 e. The Morgan fingerprint density at radius 1 is 1.53 bits per heavy atom. The first-order valence-corrected chi connectivity index (χ1v) is 4.85. The molecule has 2 aromatic heterocycles. The minimum absolute atomic E-state index is 0.223. The van der Waals surface area contributed by atoms with Crippen molar-refractivity contribution in [3.63, 3.8) is 0 Å². The van der Waals surface area contributed by atoms with E-state index in [9.17, 15) is 4.79 Å². The highest BCUT2D eigenvalue weighted by Gasteiger charge is 2.13. The molecule has 0 aliphatic carbocycles. The van der Waals surface area contributed by atoms with Gasteiger partial charge in [-0.15, -0.1) is 0 Å². The third-order valence-corrected chi connectivity index (χ3v) is 2.04. The van der Waals surface area contributed by atoms with Crippen LogP contribution in [0.1, 0.15) is 15.9 Å². The maximum Gasteiger partial charge on any atom is 0.343 e. The van der Waals surface area contributed by atoms with Gasteiger partial charge in [-0.3, -0.25) is 0 Å². The Labute approximate surface area is 97.2 Å². The Morgan fingerprint density at radius 3 is 3.12 bits per heavy atom. The predicted octanol–water partition coefficient (Wildman–Crippen LogP) is 1.44. The van der Waals surface area contributed by atoms with E-state index >= 15 is 0 Å².